The molecule has 144 valence electrons. The van der Waals surface area contributed by atoms with Crippen LogP contribution in [0.25, 0.3) is 0 Å². The fourth-order valence-corrected chi connectivity index (χ4v) is 4.60. The zero-order chi connectivity index (χ0) is 19.3. The molecular weight excluding hydrogens is 387 g/mol. The summed E-state index contributed by atoms with van der Waals surface area (Å²) in [5.41, 5.74) is 0. The number of carbonyl (C=O) groups is 3. The number of hydrogen-bond donors (Lipinski definition) is 2. The van der Waals surface area contributed by atoms with Crippen molar-refractivity contribution in [3.8, 4) is 0 Å². The summed E-state index contributed by atoms with van der Waals surface area (Å²) < 4.78 is 37.3. The molecule has 2 bridgehead atoms. The molecule has 0 aromatic carbocycles. The quantitative estimate of drug-likeness (QED) is 0.588. The Labute approximate surface area is 154 Å². The summed E-state index contributed by atoms with van der Waals surface area (Å²) >= 11 is 0.201. The number of hydrogen-bond acceptors (Lipinski definition) is 6. The highest BCUT2D eigenvalue weighted by Gasteiger charge is 2.58. The highest BCUT2D eigenvalue weighted by molar-refractivity contribution is 7.15. The number of fused-ring (bicyclic) bond motifs is 5. The van der Waals surface area contributed by atoms with Crippen LogP contribution in [0.15, 0.2) is 12.2 Å². The molecule has 12 heteroatoms. The normalized spacial score (nSPS) is 28.8. The fourth-order valence-electron chi connectivity index (χ4n) is 4.00. The first-order chi connectivity index (χ1) is 12.8. The maximum Gasteiger partial charge on any atom is 0.445 e. The van der Waals surface area contributed by atoms with E-state index in [2.05, 4.69) is 20.8 Å². The molecule has 1 saturated carbocycles. The van der Waals surface area contributed by atoms with Gasteiger partial charge in [-0.05, 0) is 18.3 Å². The first-order valence-electron chi connectivity index (χ1n) is 8.25. The van der Waals surface area contributed by atoms with E-state index in [9.17, 15) is 27.6 Å². The van der Waals surface area contributed by atoms with Crippen molar-refractivity contribution in [3.05, 3.63) is 17.2 Å². The van der Waals surface area contributed by atoms with Gasteiger partial charge in [0.25, 0.3) is 0 Å². The van der Waals surface area contributed by atoms with Gasteiger partial charge in [-0.2, -0.15) is 13.2 Å². The predicted molar refractivity (Wildman–Crippen MR) is 86.4 cm³/mol. The van der Waals surface area contributed by atoms with Gasteiger partial charge in [0.15, 0.2) is 0 Å². The van der Waals surface area contributed by atoms with E-state index in [0.717, 1.165) is 11.3 Å². The molecule has 2 N–H and O–H groups in total. The lowest BCUT2D eigenvalue weighted by molar-refractivity contribution is -0.141. The summed E-state index contributed by atoms with van der Waals surface area (Å²) in [4.78, 5) is 37.9. The van der Waals surface area contributed by atoms with Crippen LogP contribution in [0.5, 0.6) is 0 Å². The molecule has 4 amide bonds. The number of nitrogens with zero attached hydrogens (tertiary/aromatic N) is 3. The van der Waals surface area contributed by atoms with Gasteiger partial charge in [-0.25, -0.2) is 4.79 Å². The number of halogens is 3. The first kappa shape index (κ1) is 17.9. The Hall–Kier alpha value is -2.50. The summed E-state index contributed by atoms with van der Waals surface area (Å²) in [5.74, 6) is -0.825. The molecule has 4 atom stereocenters. The number of nitrogens with one attached hydrogen (secondary N) is 2. The number of carbonyl (C=O) groups excluding carboxylic acids is 3. The van der Waals surface area contributed by atoms with Crippen molar-refractivity contribution >= 4 is 34.3 Å². The van der Waals surface area contributed by atoms with Gasteiger partial charge in [0.05, 0.1) is 11.8 Å². The average molecular weight is 401 g/mol. The SMILES string of the molecule is O=C(NCCN1C(=O)C2C3C=CC(C3)C2C1=O)Nc1nnc(C(F)(F)F)s1. The number of urea groups is 1. The van der Waals surface area contributed by atoms with Crippen molar-refractivity contribution < 1.29 is 27.6 Å². The summed E-state index contributed by atoms with van der Waals surface area (Å²) in [6.07, 6.45) is 0.187. The number of allylic oxidation sites excluding steroid dienone is 2. The molecule has 4 rings (SSSR count). The van der Waals surface area contributed by atoms with E-state index >= 15 is 0 Å². The van der Waals surface area contributed by atoms with Crippen LogP contribution < -0.4 is 10.6 Å². The highest BCUT2D eigenvalue weighted by Crippen LogP contribution is 2.52. The molecule has 0 radical (unpaired) electrons. The monoisotopic (exact) mass is 401 g/mol. The molecule has 2 aliphatic carbocycles. The maximum atomic E-state index is 12.5. The number of anilines is 1. The second-order valence-corrected chi connectivity index (χ2v) is 7.60. The van der Waals surface area contributed by atoms with Gasteiger partial charge in [0.1, 0.15) is 0 Å². The average Bonchev–Trinajstić information content (AvgIpc) is 3.34. The van der Waals surface area contributed by atoms with Crippen molar-refractivity contribution in [3.63, 3.8) is 0 Å². The third-order valence-electron chi connectivity index (χ3n) is 5.07. The molecule has 8 nitrogen and oxygen atoms in total. The van der Waals surface area contributed by atoms with Gasteiger partial charge in [0.2, 0.25) is 22.0 Å². The Balaban J connectivity index is 1.28. The van der Waals surface area contributed by atoms with Crippen LogP contribution in [-0.2, 0) is 15.8 Å². The van der Waals surface area contributed by atoms with Crippen molar-refractivity contribution in [2.75, 3.05) is 18.4 Å². The van der Waals surface area contributed by atoms with Crippen molar-refractivity contribution in [2.45, 2.75) is 12.6 Å². The summed E-state index contributed by atoms with van der Waals surface area (Å²) in [7, 11) is 0. The van der Waals surface area contributed by atoms with Crippen LogP contribution in [0.4, 0.5) is 23.1 Å². The minimum Gasteiger partial charge on any atom is -0.336 e. The Morgan fingerprint density at radius 2 is 1.81 bits per heavy atom. The van der Waals surface area contributed by atoms with E-state index < -0.39 is 17.2 Å². The van der Waals surface area contributed by atoms with Gasteiger partial charge in [0, 0.05) is 13.1 Å². The van der Waals surface area contributed by atoms with Crippen LogP contribution in [0.3, 0.4) is 0 Å². The van der Waals surface area contributed by atoms with Gasteiger partial charge in [-0.15, -0.1) is 10.2 Å². The van der Waals surface area contributed by atoms with E-state index in [1.807, 2.05) is 12.2 Å². The maximum absolute atomic E-state index is 12.5. The highest BCUT2D eigenvalue weighted by atomic mass is 32.1. The number of likely N-dealkylation sites (tertiary alicyclic amines) is 1. The van der Waals surface area contributed by atoms with Crippen LogP contribution >= 0.6 is 11.3 Å². The molecule has 2 heterocycles. The molecule has 2 fully saturated rings. The molecule has 4 unspecified atom stereocenters. The fraction of sp³-hybridized carbons (Fsp3) is 0.533. The second kappa shape index (κ2) is 6.29. The Kier molecular flexibility index (Phi) is 4.17. The number of imide groups is 1. The second-order valence-electron chi connectivity index (χ2n) is 6.62. The van der Waals surface area contributed by atoms with Crippen LogP contribution in [-0.4, -0.2) is 46.0 Å². The Morgan fingerprint density at radius 1 is 1.19 bits per heavy atom. The van der Waals surface area contributed by atoms with Crippen LogP contribution in [0.2, 0.25) is 0 Å². The first-order valence-corrected chi connectivity index (χ1v) is 9.06. The summed E-state index contributed by atoms with van der Waals surface area (Å²) in [5, 5.41) is 9.27. The standard InChI is InChI=1S/C15H14F3N5O3S/c16-15(17,18)12-21-22-14(27-12)20-13(26)19-3-4-23-10(24)8-6-1-2-7(5-6)9(8)11(23)25/h1-2,6-9H,3-5H2,(H2,19,20,22,26). The molecule has 3 aliphatic rings. The number of amides is 4. The van der Waals surface area contributed by atoms with Crippen molar-refractivity contribution in [1.82, 2.24) is 20.4 Å². The lowest BCUT2D eigenvalue weighted by Crippen LogP contribution is -2.40. The van der Waals surface area contributed by atoms with E-state index in [1.165, 1.54) is 0 Å². The topological polar surface area (TPSA) is 104 Å². The lowest BCUT2D eigenvalue weighted by Gasteiger charge is -2.17. The zero-order valence-electron chi connectivity index (χ0n) is 13.7. The molecule has 27 heavy (non-hydrogen) atoms. The number of alkyl halides is 3. The molecule has 1 saturated heterocycles. The predicted octanol–water partition coefficient (Wildman–Crippen LogP) is 1.49. The third-order valence-corrected chi connectivity index (χ3v) is 5.95. The van der Waals surface area contributed by atoms with Gasteiger partial charge in [-0.3, -0.25) is 19.8 Å². The van der Waals surface area contributed by atoms with Crippen LogP contribution in [0, 0.1) is 23.7 Å². The largest absolute Gasteiger partial charge is 0.445 e. The molecule has 1 aromatic heterocycles. The van der Waals surface area contributed by atoms with Crippen LogP contribution in [0.1, 0.15) is 11.4 Å². The van der Waals surface area contributed by atoms with Gasteiger partial charge < -0.3 is 5.32 Å². The number of aromatic nitrogens is 2. The molecule has 1 aromatic rings. The van der Waals surface area contributed by atoms with E-state index in [4.69, 9.17) is 0 Å². The van der Waals surface area contributed by atoms with E-state index in [-0.39, 0.29) is 65.0 Å². The lowest BCUT2D eigenvalue weighted by atomic mass is 9.85. The smallest absolute Gasteiger partial charge is 0.336 e. The van der Waals surface area contributed by atoms with Crippen molar-refractivity contribution in [1.29, 1.82) is 0 Å². The Morgan fingerprint density at radius 3 is 2.37 bits per heavy atom. The van der Waals surface area contributed by atoms with Crippen molar-refractivity contribution in [2.24, 2.45) is 23.7 Å². The zero-order valence-corrected chi connectivity index (χ0v) is 14.5. The minimum atomic E-state index is -4.63. The van der Waals surface area contributed by atoms with E-state index in [0.29, 0.717) is 0 Å². The molecule has 1 aliphatic heterocycles. The molecular formula is C15H14F3N5O3S. The minimum absolute atomic E-state index is 0.0153. The van der Waals surface area contributed by atoms with E-state index in [1.54, 1.807) is 0 Å². The Bertz CT molecular complexity index is 809. The third kappa shape index (κ3) is 3.07. The number of rotatable bonds is 4. The van der Waals surface area contributed by atoms with Gasteiger partial charge >= 0.3 is 12.2 Å². The van der Waals surface area contributed by atoms with Gasteiger partial charge in [-0.1, -0.05) is 23.5 Å². The summed E-state index contributed by atoms with van der Waals surface area (Å²) in [6, 6.07) is -0.791. The molecule has 0 spiro atoms. The summed E-state index contributed by atoms with van der Waals surface area (Å²) in [6.45, 7) is -0.00209.